The highest BCUT2D eigenvalue weighted by Gasteiger charge is 2.11. The third-order valence-electron chi connectivity index (χ3n) is 5.48. The van der Waals surface area contributed by atoms with Gasteiger partial charge in [0.15, 0.2) is 0 Å². The second-order valence-electron chi connectivity index (χ2n) is 7.80. The van der Waals surface area contributed by atoms with Gasteiger partial charge in [0.2, 0.25) is 0 Å². The van der Waals surface area contributed by atoms with E-state index in [1.54, 1.807) is 13.1 Å². The summed E-state index contributed by atoms with van der Waals surface area (Å²) in [6, 6.07) is 8.54. The lowest BCUT2D eigenvalue weighted by Gasteiger charge is -2.14. The Morgan fingerprint density at radius 2 is 1.93 bits per heavy atom. The van der Waals surface area contributed by atoms with Crippen LogP contribution in [-0.4, -0.2) is 21.3 Å². The van der Waals surface area contributed by atoms with Crippen molar-refractivity contribution in [1.29, 1.82) is 0 Å². The molecule has 0 amide bonds. The maximum Gasteiger partial charge on any atom is 0.137 e. The number of benzene rings is 1. The lowest BCUT2D eigenvalue weighted by molar-refractivity contribution is 0.184. The Morgan fingerprint density at radius 3 is 2.50 bits per heavy atom. The summed E-state index contributed by atoms with van der Waals surface area (Å²) in [5, 5.41) is 11.1. The fourth-order valence-corrected chi connectivity index (χ4v) is 4.23. The predicted molar refractivity (Wildman–Crippen MR) is 131 cm³/mol. The Kier molecular flexibility index (Phi) is 9.57. The highest BCUT2D eigenvalue weighted by molar-refractivity contribution is 7.49. The molecule has 0 aliphatic rings. The quantitative estimate of drug-likeness (QED) is 0.294. The van der Waals surface area contributed by atoms with E-state index in [0.29, 0.717) is 32.8 Å². The molecule has 1 heterocycles. The molecule has 1 aromatic carbocycles. The van der Waals surface area contributed by atoms with Gasteiger partial charge in [-0.15, -0.1) is 0 Å². The largest absolute Gasteiger partial charge is 0.385 e. The molecule has 0 saturated heterocycles. The zero-order valence-electron chi connectivity index (χ0n) is 18.9. The summed E-state index contributed by atoms with van der Waals surface area (Å²) in [6.45, 7) is 15.5. The third-order valence-corrected chi connectivity index (χ3v) is 6.45. The van der Waals surface area contributed by atoms with Gasteiger partial charge in [0, 0.05) is 30.4 Å². The summed E-state index contributed by atoms with van der Waals surface area (Å²) in [6.07, 6.45) is 7.42. The normalized spacial score (nSPS) is 14.9. The van der Waals surface area contributed by atoms with Crippen LogP contribution in [0.1, 0.15) is 63.6 Å². The van der Waals surface area contributed by atoms with Crippen LogP contribution in [-0.2, 0) is 6.54 Å². The number of nitrogens with zero attached hydrogens (tertiary/aromatic N) is 2. The lowest BCUT2D eigenvalue weighted by Crippen LogP contribution is -2.07. The Bertz CT molecular complexity index is 913. The first-order valence-corrected chi connectivity index (χ1v) is 12.3. The van der Waals surface area contributed by atoms with Crippen LogP contribution >= 0.6 is 8.58 Å². The second kappa shape index (κ2) is 11.9. The van der Waals surface area contributed by atoms with Crippen molar-refractivity contribution < 1.29 is 5.11 Å². The number of imidazole rings is 1. The van der Waals surface area contributed by atoms with E-state index in [1.165, 1.54) is 17.3 Å². The minimum Gasteiger partial charge on any atom is -0.385 e. The zero-order chi connectivity index (χ0) is 22.1. The van der Waals surface area contributed by atoms with Gasteiger partial charge in [-0.05, 0) is 60.6 Å². The van der Waals surface area contributed by atoms with Crippen LogP contribution in [0.25, 0.3) is 5.31 Å². The van der Waals surface area contributed by atoms with Crippen LogP contribution in [0.15, 0.2) is 54.9 Å². The summed E-state index contributed by atoms with van der Waals surface area (Å²) in [7, 11) is 0.660. The summed E-state index contributed by atoms with van der Waals surface area (Å²) in [5.74, 6) is 8.58. The van der Waals surface area contributed by atoms with E-state index in [0.717, 1.165) is 17.6 Å². The number of aliphatic hydroxyl groups is 1. The first-order valence-electron chi connectivity index (χ1n) is 10.8. The van der Waals surface area contributed by atoms with Crippen molar-refractivity contribution in [1.82, 2.24) is 9.55 Å². The summed E-state index contributed by atoms with van der Waals surface area (Å²) < 4.78 is 1.94. The van der Waals surface area contributed by atoms with Crippen molar-refractivity contribution in [3.05, 3.63) is 71.8 Å². The Morgan fingerprint density at radius 1 is 1.23 bits per heavy atom. The van der Waals surface area contributed by atoms with Crippen LogP contribution in [0.5, 0.6) is 0 Å². The van der Waals surface area contributed by atoms with E-state index in [2.05, 4.69) is 81.2 Å². The van der Waals surface area contributed by atoms with Crippen molar-refractivity contribution in [2.45, 2.75) is 53.2 Å². The van der Waals surface area contributed by atoms with Gasteiger partial charge in [-0.1, -0.05) is 66.3 Å². The maximum absolute atomic E-state index is 9.84. The lowest BCUT2D eigenvalue weighted by atomic mass is 9.90. The molecule has 0 radical (unpaired) electrons. The van der Waals surface area contributed by atoms with E-state index in [1.807, 2.05) is 10.8 Å². The minimum atomic E-state index is -0.592. The smallest absolute Gasteiger partial charge is 0.137 e. The molecule has 0 spiro atoms. The van der Waals surface area contributed by atoms with Crippen LogP contribution in [0, 0.1) is 23.7 Å². The molecule has 3 unspecified atom stereocenters. The van der Waals surface area contributed by atoms with Crippen molar-refractivity contribution in [2.75, 3.05) is 6.66 Å². The molecule has 30 heavy (non-hydrogen) atoms. The minimum absolute atomic E-state index is 0.459. The maximum atomic E-state index is 9.84. The standard InChI is InChI=1S/C26H35N2OP/c1-7-20(4)23(8-2)12-9-22-10-13-24(14-11-22)25(30-6)17-19(3)18-28-16-15-27-26(28)21(5)29/h10-11,13-17,20-21,23,29-30H,3,7-8,18H2,1-2,4-6H3/b25-17-/t20?,21-,23?/m0/s1. The molecule has 0 bridgehead atoms. The van der Waals surface area contributed by atoms with E-state index < -0.39 is 6.10 Å². The number of aromatic nitrogens is 2. The Labute approximate surface area is 184 Å². The molecular formula is C26H35N2OP. The van der Waals surface area contributed by atoms with Gasteiger partial charge >= 0.3 is 0 Å². The van der Waals surface area contributed by atoms with Crippen molar-refractivity contribution >= 4 is 13.9 Å². The first-order chi connectivity index (χ1) is 14.4. The summed E-state index contributed by atoms with van der Waals surface area (Å²) in [5.41, 5.74) is 3.26. The predicted octanol–water partition coefficient (Wildman–Crippen LogP) is 6.27. The molecule has 2 rings (SSSR count). The van der Waals surface area contributed by atoms with Gasteiger partial charge in [-0.3, -0.25) is 0 Å². The number of aliphatic hydroxyl groups excluding tert-OH is 1. The van der Waals surface area contributed by atoms with E-state index in [4.69, 9.17) is 0 Å². The monoisotopic (exact) mass is 422 g/mol. The number of rotatable bonds is 9. The van der Waals surface area contributed by atoms with Crippen LogP contribution in [0.4, 0.5) is 0 Å². The summed E-state index contributed by atoms with van der Waals surface area (Å²) in [4.78, 5) is 4.23. The second-order valence-corrected chi connectivity index (χ2v) is 8.84. The van der Waals surface area contributed by atoms with Crippen LogP contribution in [0.3, 0.4) is 0 Å². The first kappa shape index (κ1) is 24.1. The van der Waals surface area contributed by atoms with Crippen molar-refractivity contribution in [3.8, 4) is 11.8 Å². The Balaban J connectivity index is 2.13. The summed E-state index contributed by atoms with van der Waals surface area (Å²) >= 11 is 0. The van der Waals surface area contributed by atoms with Gasteiger partial charge in [-0.2, -0.15) is 0 Å². The SMILES string of the molecule is C=C(/C=C(\PC)c1ccc(C#CC(CC)C(C)CC)cc1)Cn1ccnc1[C@H](C)O. The van der Waals surface area contributed by atoms with Crippen LogP contribution < -0.4 is 0 Å². The van der Waals surface area contributed by atoms with Gasteiger partial charge < -0.3 is 9.67 Å². The molecule has 2 aromatic rings. The molecule has 0 fully saturated rings. The molecule has 1 N–H and O–H groups in total. The third kappa shape index (κ3) is 6.69. The van der Waals surface area contributed by atoms with Crippen LogP contribution in [0.2, 0.25) is 0 Å². The molecule has 1 aromatic heterocycles. The topological polar surface area (TPSA) is 38.0 Å². The number of hydrogen-bond donors (Lipinski definition) is 1. The van der Waals surface area contributed by atoms with Gasteiger partial charge in [0.05, 0.1) is 0 Å². The number of hydrogen-bond acceptors (Lipinski definition) is 2. The van der Waals surface area contributed by atoms with E-state index in [-0.39, 0.29) is 0 Å². The molecular weight excluding hydrogens is 387 g/mol. The highest BCUT2D eigenvalue weighted by Crippen LogP contribution is 2.32. The molecule has 4 heteroatoms. The molecule has 160 valence electrons. The molecule has 3 nitrogen and oxygen atoms in total. The van der Waals surface area contributed by atoms with Crippen molar-refractivity contribution in [2.24, 2.45) is 11.8 Å². The molecule has 0 aliphatic heterocycles. The fraction of sp³-hybridized carbons (Fsp3) is 0.423. The van der Waals surface area contributed by atoms with E-state index in [9.17, 15) is 5.11 Å². The average molecular weight is 423 g/mol. The number of allylic oxidation sites excluding steroid dienone is 2. The average Bonchev–Trinajstić information content (AvgIpc) is 3.21. The molecule has 4 atom stereocenters. The van der Waals surface area contributed by atoms with E-state index >= 15 is 0 Å². The van der Waals surface area contributed by atoms with Gasteiger partial charge in [0.25, 0.3) is 0 Å². The van der Waals surface area contributed by atoms with Crippen molar-refractivity contribution in [3.63, 3.8) is 0 Å². The highest BCUT2D eigenvalue weighted by atomic mass is 31.1. The van der Waals surface area contributed by atoms with Gasteiger partial charge in [0.1, 0.15) is 11.9 Å². The molecule has 0 aliphatic carbocycles. The fourth-order valence-electron chi connectivity index (χ4n) is 3.43. The molecule has 0 saturated carbocycles. The zero-order valence-corrected chi connectivity index (χ0v) is 19.9. The Hall–Kier alpha value is -2.14. The van der Waals surface area contributed by atoms with Gasteiger partial charge in [-0.25, -0.2) is 4.98 Å².